The Balaban J connectivity index is 2.47. The summed E-state index contributed by atoms with van der Waals surface area (Å²) in [6.45, 7) is 0. The number of esters is 1. The third-order valence-electron chi connectivity index (χ3n) is 2.29. The molecule has 0 aliphatic carbocycles. The summed E-state index contributed by atoms with van der Waals surface area (Å²) in [5, 5.41) is 0. The molecular weight excluding hydrogens is 244 g/mol. The van der Waals surface area contributed by atoms with Crippen LogP contribution in [0.15, 0.2) is 46.2 Å². The Morgan fingerprint density at radius 2 is 1.88 bits per heavy atom. The van der Waals surface area contributed by atoms with Gasteiger partial charge < -0.3 is 9.47 Å². The predicted molar refractivity (Wildman–Crippen MR) is 58.6 cm³/mol. The van der Waals surface area contributed by atoms with Crippen molar-refractivity contribution in [1.82, 2.24) is 0 Å². The average molecular weight is 254 g/mol. The van der Waals surface area contributed by atoms with Gasteiger partial charge in [-0.1, -0.05) is 18.2 Å². The zero-order valence-corrected chi connectivity index (χ0v) is 9.81. The lowest BCUT2D eigenvalue weighted by atomic mass is 10.4. The molecule has 1 aromatic carbocycles. The second kappa shape index (κ2) is 4.31. The average Bonchev–Trinajstić information content (AvgIpc) is 2.72. The van der Waals surface area contributed by atoms with Crippen LogP contribution < -0.4 is 0 Å². The van der Waals surface area contributed by atoms with E-state index in [2.05, 4.69) is 0 Å². The van der Waals surface area contributed by atoms with Crippen molar-refractivity contribution in [3.05, 3.63) is 41.3 Å². The summed E-state index contributed by atoms with van der Waals surface area (Å²) in [6, 6.07) is 7.81. The van der Waals surface area contributed by atoms with E-state index in [0.717, 1.165) is 6.08 Å². The number of hydrogen-bond donors (Lipinski definition) is 0. The minimum Gasteiger partial charge on any atom is -0.427 e. The van der Waals surface area contributed by atoms with Crippen LogP contribution >= 0.6 is 0 Å². The molecule has 0 fully saturated rings. The van der Waals surface area contributed by atoms with Gasteiger partial charge in [-0.05, 0) is 12.1 Å². The van der Waals surface area contributed by atoms with Crippen LogP contribution in [0.3, 0.4) is 0 Å². The number of carbonyl (C=O) groups excluding carboxylic acids is 1. The highest BCUT2D eigenvalue weighted by atomic mass is 32.2. The van der Waals surface area contributed by atoms with Crippen molar-refractivity contribution in [1.29, 1.82) is 0 Å². The van der Waals surface area contributed by atoms with E-state index in [4.69, 9.17) is 9.47 Å². The fraction of sp³-hybridized carbons (Fsp3) is 0.182. The number of ether oxygens (including phenoxy) is 2. The van der Waals surface area contributed by atoms with Gasteiger partial charge in [-0.15, -0.1) is 0 Å². The van der Waals surface area contributed by atoms with Crippen LogP contribution in [-0.4, -0.2) is 27.8 Å². The first-order valence-electron chi connectivity index (χ1n) is 4.81. The number of cyclic esters (lactones) is 1. The van der Waals surface area contributed by atoms with Gasteiger partial charge in [0, 0.05) is 13.2 Å². The number of rotatable bonds is 3. The topological polar surface area (TPSA) is 69.7 Å². The van der Waals surface area contributed by atoms with Crippen molar-refractivity contribution in [2.24, 2.45) is 0 Å². The van der Waals surface area contributed by atoms with Crippen molar-refractivity contribution in [2.75, 3.05) is 7.11 Å². The van der Waals surface area contributed by atoms with Crippen molar-refractivity contribution < 1.29 is 22.7 Å². The normalized spacial score (nSPS) is 19.9. The molecule has 1 atom stereocenters. The van der Waals surface area contributed by atoms with E-state index in [1.165, 1.54) is 19.2 Å². The Morgan fingerprint density at radius 1 is 1.24 bits per heavy atom. The molecule has 1 aliphatic rings. The minimum atomic E-state index is -3.74. The van der Waals surface area contributed by atoms with Crippen LogP contribution in [0, 0.1) is 0 Å². The summed E-state index contributed by atoms with van der Waals surface area (Å²) in [7, 11) is -2.47. The first kappa shape index (κ1) is 11.8. The summed E-state index contributed by atoms with van der Waals surface area (Å²) in [4.78, 5) is 11.0. The molecule has 17 heavy (non-hydrogen) atoms. The highest BCUT2D eigenvalue weighted by molar-refractivity contribution is 7.95. The number of carbonyl (C=O) groups is 1. The van der Waals surface area contributed by atoms with Gasteiger partial charge in [-0.3, -0.25) is 0 Å². The van der Waals surface area contributed by atoms with Gasteiger partial charge >= 0.3 is 5.97 Å². The molecule has 0 unspecified atom stereocenters. The van der Waals surface area contributed by atoms with Crippen molar-refractivity contribution in [3.63, 3.8) is 0 Å². The van der Waals surface area contributed by atoms with Gasteiger partial charge in [0.05, 0.1) is 4.90 Å². The molecule has 2 rings (SSSR count). The monoisotopic (exact) mass is 254 g/mol. The van der Waals surface area contributed by atoms with E-state index in [0.29, 0.717) is 0 Å². The van der Waals surface area contributed by atoms with Crippen LogP contribution in [0.2, 0.25) is 0 Å². The largest absolute Gasteiger partial charge is 0.427 e. The molecule has 6 heteroatoms. The zero-order valence-electron chi connectivity index (χ0n) is 8.99. The zero-order chi connectivity index (χ0) is 12.5. The van der Waals surface area contributed by atoms with E-state index < -0.39 is 22.1 Å². The van der Waals surface area contributed by atoms with Crippen molar-refractivity contribution >= 4 is 15.8 Å². The Kier molecular flexibility index (Phi) is 2.99. The van der Waals surface area contributed by atoms with Gasteiger partial charge in [0.25, 0.3) is 0 Å². The molecule has 0 spiro atoms. The fourth-order valence-corrected chi connectivity index (χ4v) is 2.92. The Labute approximate surface area is 98.6 Å². The first-order chi connectivity index (χ1) is 8.05. The first-order valence-corrected chi connectivity index (χ1v) is 6.29. The smallest absolute Gasteiger partial charge is 0.334 e. The number of methoxy groups -OCH3 is 1. The Bertz CT molecular complexity index is 559. The van der Waals surface area contributed by atoms with Crippen LogP contribution in [0.4, 0.5) is 0 Å². The van der Waals surface area contributed by atoms with E-state index in [9.17, 15) is 13.2 Å². The van der Waals surface area contributed by atoms with E-state index in [1.807, 2.05) is 0 Å². The lowest BCUT2D eigenvalue weighted by Crippen LogP contribution is -2.19. The molecule has 1 heterocycles. The molecule has 90 valence electrons. The molecule has 0 saturated carbocycles. The minimum absolute atomic E-state index is 0.103. The summed E-state index contributed by atoms with van der Waals surface area (Å²) in [5.74, 6) is -0.716. The molecule has 0 saturated heterocycles. The third-order valence-corrected chi connectivity index (χ3v) is 4.12. The second-order valence-corrected chi connectivity index (χ2v) is 5.32. The molecule has 0 N–H and O–H groups in total. The van der Waals surface area contributed by atoms with Gasteiger partial charge in [-0.25, -0.2) is 13.2 Å². The fourth-order valence-electron chi connectivity index (χ4n) is 1.49. The molecule has 0 radical (unpaired) electrons. The highest BCUT2D eigenvalue weighted by Gasteiger charge is 2.36. The van der Waals surface area contributed by atoms with E-state index >= 15 is 0 Å². The maximum absolute atomic E-state index is 12.2. The molecule has 0 amide bonds. The maximum atomic E-state index is 12.2. The van der Waals surface area contributed by atoms with Crippen LogP contribution in [-0.2, 0) is 24.1 Å². The predicted octanol–water partition coefficient (Wildman–Crippen LogP) is 0.874. The van der Waals surface area contributed by atoms with Crippen molar-refractivity contribution in [2.45, 2.75) is 11.2 Å². The quantitative estimate of drug-likeness (QED) is 0.749. The van der Waals surface area contributed by atoms with Gasteiger partial charge in [0.15, 0.2) is 0 Å². The Morgan fingerprint density at radius 3 is 2.47 bits per heavy atom. The Hall–Kier alpha value is -1.66. The summed E-state index contributed by atoms with van der Waals surface area (Å²) < 4.78 is 33.8. The summed E-state index contributed by atoms with van der Waals surface area (Å²) in [5.41, 5.74) is 0. The standard InChI is InChI=1S/C11H10O5S/c1-15-11-9(7-10(12)16-11)17(13,14)8-5-3-2-4-6-8/h2-7,11H,1H3/t11-/m0/s1. The van der Waals surface area contributed by atoms with E-state index in [1.54, 1.807) is 18.2 Å². The SMILES string of the molecule is CO[C@H]1OC(=O)C=C1S(=O)(=O)c1ccccc1. The van der Waals surface area contributed by atoms with Crippen molar-refractivity contribution in [3.8, 4) is 0 Å². The number of benzene rings is 1. The van der Waals surface area contributed by atoms with Gasteiger partial charge in [0.1, 0.15) is 4.91 Å². The molecule has 1 aromatic rings. The summed E-state index contributed by atoms with van der Waals surface area (Å²) >= 11 is 0. The second-order valence-electron chi connectivity index (χ2n) is 3.37. The highest BCUT2D eigenvalue weighted by Crippen LogP contribution is 2.27. The summed E-state index contributed by atoms with van der Waals surface area (Å²) in [6.07, 6.45) is -0.219. The molecule has 5 nitrogen and oxygen atoms in total. The third kappa shape index (κ3) is 2.09. The molecule has 0 bridgehead atoms. The lowest BCUT2D eigenvalue weighted by Gasteiger charge is -2.12. The van der Waals surface area contributed by atoms with Crippen LogP contribution in [0.1, 0.15) is 0 Å². The lowest BCUT2D eigenvalue weighted by molar-refractivity contribution is -0.154. The van der Waals surface area contributed by atoms with E-state index in [-0.39, 0.29) is 9.80 Å². The number of sulfone groups is 1. The van der Waals surface area contributed by atoms with Crippen LogP contribution in [0.25, 0.3) is 0 Å². The molecule has 0 aromatic heterocycles. The molecular formula is C11H10O5S. The maximum Gasteiger partial charge on any atom is 0.334 e. The van der Waals surface area contributed by atoms with Gasteiger partial charge in [0.2, 0.25) is 16.1 Å². The van der Waals surface area contributed by atoms with Crippen LogP contribution in [0.5, 0.6) is 0 Å². The van der Waals surface area contributed by atoms with Gasteiger partial charge in [-0.2, -0.15) is 0 Å². The molecule has 1 aliphatic heterocycles. The number of hydrogen-bond acceptors (Lipinski definition) is 5.